The van der Waals surface area contributed by atoms with Crippen LogP contribution in [0.25, 0.3) is 0 Å². The Hall–Kier alpha value is -2.57. The molecular formula is C18H25N3O4. The molecule has 0 aliphatic heterocycles. The van der Waals surface area contributed by atoms with Gasteiger partial charge in [-0.05, 0) is 25.0 Å². The van der Waals surface area contributed by atoms with Gasteiger partial charge in [0.05, 0.1) is 19.4 Å². The molecule has 0 spiro atoms. The normalized spacial score (nSPS) is 11.9. The third-order valence-corrected chi connectivity index (χ3v) is 3.90. The first kappa shape index (κ1) is 18.8. The van der Waals surface area contributed by atoms with Gasteiger partial charge in [-0.15, -0.1) is 0 Å². The molecule has 2 rings (SSSR count). The quantitative estimate of drug-likeness (QED) is 0.513. The van der Waals surface area contributed by atoms with Gasteiger partial charge in [-0.1, -0.05) is 26.7 Å². The summed E-state index contributed by atoms with van der Waals surface area (Å²) in [6.07, 6.45) is 9.37. The van der Waals surface area contributed by atoms with Crippen LogP contribution in [0.4, 0.5) is 4.79 Å². The van der Waals surface area contributed by atoms with E-state index in [2.05, 4.69) is 11.9 Å². The standard InChI is InChI=1S/C18H25N3O4/c1-3-5-6-11-25-17(22)16(4-2)21(13-15-8-7-12-24-15)18(23)20-10-9-19-14-20/h7-10,12,14,16H,3-6,11,13H2,1-2H3/t16-/m0/s1. The van der Waals surface area contributed by atoms with Crippen molar-refractivity contribution in [3.8, 4) is 0 Å². The number of furan rings is 1. The van der Waals surface area contributed by atoms with Gasteiger partial charge in [-0.25, -0.2) is 14.6 Å². The fraction of sp³-hybridized carbons (Fsp3) is 0.500. The predicted octanol–water partition coefficient (Wildman–Crippen LogP) is 3.46. The SMILES string of the molecule is CCCCCOC(=O)[C@H](CC)N(Cc1ccco1)C(=O)n1ccnc1. The molecule has 2 heterocycles. The van der Waals surface area contributed by atoms with Gasteiger partial charge in [0.25, 0.3) is 0 Å². The van der Waals surface area contributed by atoms with Crippen molar-refractivity contribution in [2.24, 2.45) is 0 Å². The third kappa shape index (κ3) is 5.20. The Morgan fingerprint density at radius 1 is 1.36 bits per heavy atom. The minimum atomic E-state index is -0.679. The number of aromatic nitrogens is 2. The second-order valence-electron chi connectivity index (χ2n) is 5.76. The number of carbonyl (C=O) groups is 2. The average Bonchev–Trinajstić information content (AvgIpc) is 3.31. The maximum Gasteiger partial charge on any atom is 0.330 e. The monoisotopic (exact) mass is 347 g/mol. The van der Waals surface area contributed by atoms with Gasteiger partial charge in [0.2, 0.25) is 0 Å². The molecule has 0 N–H and O–H groups in total. The zero-order valence-corrected chi connectivity index (χ0v) is 14.8. The van der Waals surface area contributed by atoms with Crippen LogP contribution in [0.15, 0.2) is 41.5 Å². The molecule has 0 saturated carbocycles. The van der Waals surface area contributed by atoms with Crippen LogP contribution in [-0.2, 0) is 16.1 Å². The first-order chi connectivity index (χ1) is 12.2. The molecule has 1 amide bonds. The van der Waals surface area contributed by atoms with Crippen LogP contribution in [0, 0.1) is 0 Å². The van der Waals surface area contributed by atoms with Crippen molar-refractivity contribution in [2.75, 3.05) is 6.61 Å². The minimum absolute atomic E-state index is 0.187. The number of carbonyl (C=O) groups excluding carboxylic acids is 2. The summed E-state index contributed by atoms with van der Waals surface area (Å²) in [6.45, 7) is 4.50. The Labute approximate surface area is 147 Å². The number of unbranched alkanes of at least 4 members (excludes halogenated alkanes) is 2. The number of ether oxygens (including phenoxy) is 1. The van der Waals surface area contributed by atoms with Crippen molar-refractivity contribution in [3.05, 3.63) is 42.9 Å². The minimum Gasteiger partial charge on any atom is -0.467 e. The molecule has 7 nitrogen and oxygen atoms in total. The Morgan fingerprint density at radius 2 is 2.20 bits per heavy atom. The largest absolute Gasteiger partial charge is 0.467 e. The van der Waals surface area contributed by atoms with E-state index >= 15 is 0 Å². The first-order valence-corrected chi connectivity index (χ1v) is 8.65. The van der Waals surface area contributed by atoms with E-state index in [1.54, 1.807) is 24.6 Å². The van der Waals surface area contributed by atoms with Gasteiger partial charge in [-0.3, -0.25) is 4.57 Å². The Kier molecular flexibility index (Phi) is 7.25. The summed E-state index contributed by atoms with van der Waals surface area (Å²) in [5.41, 5.74) is 0. The van der Waals surface area contributed by atoms with Gasteiger partial charge in [-0.2, -0.15) is 0 Å². The van der Waals surface area contributed by atoms with Crippen LogP contribution in [0.1, 0.15) is 45.3 Å². The van der Waals surface area contributed by atoms with Gasteiger partial charge in [0.1, 0.15) is 18.1 Å². The number of imidazole rings is 1. The van der Waals surface area contributed by atoms with E-state index in [0.717, 1.165) is 19.3 Å². The molecule has 25 heavy (non-hydrogen) atoms. The molecule has 2 aromatic heterocycles. The number of hydrogen-bond acceptors (Lipinski definition) is 5. The summed E-state index contributed by atoms with van der Waals surface area (Å²) < 4.78 is 12.1. The summed E-state index contributed by atoms with van der Waals surface area (Å²) >= 11 is 0. The summed E-state index contributed by atoms with van der Waals surface area (Å²) in [6, 6.07) is 2.50. The molecule has 7 heteroatoms. The van der Waals surface area contributed by atoms with Crippen molar-refractivity contribution in [1.29, 1.82) is 0 Å². The van der Waals surface area contributed by atoms with Crippen molar-refractivity contribution in [3.63, 3.8) is 0 Å². The topological polar surface area (TPSA) is 77.6 Å². The summed E-state index contributed by atoms with van der Waals surface area (Å²) in [7, 11) is 0. The van der Waals surface area contributed by atoms with Crippen molar-refractivity contribution >= 4 is 12.0 Å². The molecule has 0 radical (unpaired) electrons. The average molecular weight is 347 g/mol. The predicted molar refractivity (Wildman–Crippen MR) is 91.8 cm³/mol. The van der Waals surface area contributed by atoms with Crippen LogP contribution >= 0.6 is 0 Å². The zero-order chi connectivity index (χ0) is 18.1. The van der Waals surface area contributed by atoms with Crippen LogP contribution in [0.2, 0.25) is 0 Å². The van der Waals surface area contributed by atoms with E-state index in [1.165, 1.54) is 22.0 Å². The highest BCUT2D eigenvalue weighted by molar-refractivity contribution is 5.84. The lowest BCUT2D eigenvalue weighted by molar-refractivity contribution is -0.149. The van der Waals surface area contributed by atoms with E-state index in [9.17, 15) is 9.59 Å². The van der Waals surface area contributed by atoms with Crippen molar-refractivity contribution < 1.29 is 18.7 Å². The number of nitrogens with zero attached hydrogens (tertiary/aromatic N) is 3. The van der Waals surface area contributed by atoms with Crippen LogP contribution < -0.4 is 0 Å². The Balaban J connectivity index is 2.13. The molecule has 0 bridgehead atoms. The zero-order valence-electron chi connectivity index (χ0n) is 14.8. The molecule has 0 aliphatic carbocycles. The number of esters is 1. The molecule has 2 aromatic rings. The fourth-order valence-corrected chi connectivity index (χ4v) is 2.54. The second-order valence-corrected chi connectivity index (χ2v) is 5.76. The number of rotatable bonds is 9. The van der Waals surface area contributed by atoms with Gasteiger partial charge in [0.15, 0.2) is 0 Å². The van der Waals surface area contributed by atoms with Crippen molar-refractivity contribution in [2.45, 2.75) is 52.1 Å². The summed E-state index contributed by atoms with van der Waals surface area (Å²) in [5.74, 6) is 0.212. The highest BCUT2D eigenvalue weighted by Crippen LogP contribution is 2.15. The van der Waals surface area contributed by atoms with Crippen LogP contribution in [-0.4, -0.2) is 39.1 Å². The summed E-state index contributed by atoms with van der Waals surface area (Å²) in [4.78, 5) is 30.7. The number of hydrogen-bond donors (Lipinski definition) is 0. The summed E-state index contributed by atoms with van der Waals surface area (Å²) in [5, 5.41) is 0. The molecular weight excluding hydrogens is 322 g/mol. The Morgan fingerprint density at radius 3 is 2.80 bits per heavy atom. The lowest BCUT2D eigenvalue weighted by atomic mass is 10.2. The van der Waals surface area contributed by atoms with Crippen LogP contribution in [0.5, 0.6) is 0 Å². The van der Waals surface area contributed by atoms with Gasteiger partial charge in [0, 0.05) is 12.4 Å². The molecule has 136 valence electrons. The van der Waals surface area contributed by atoms with E-state index in [1.807, 2.05) is 6.92 Å². The maximum absolute atomic E-state index is 12.8. The molecule has 0 fully saturated rings. The molecule has 0 aromatic carbocycles. The third-order valence-electron chi connectivity index (χ3n) is 3.90. The maximum atomic E-state index is 12.8. The lowest BCUT2D eigenvalue weighted by Gasteiger charge is -2.28. The molecule has 0 unspecified atom stereocenters. The Bertz CT molecular complexity index is 637. The fourth-order valence-electron chi connectivity index (χ4n) is 2.54. The van der Waals surface area contributed by atoms with E-state index in [4.69, 9.17) is 9.15 Å². The van der Waals surface area contributed by atoms with Gasteiger partial charge < -0.3 is 14.1 Å². The van der Waals surface area contributed by atoms with Crippen LogP contribution in [0.3, 0.4) is 0 Å². The molecule has 0 aliphatic rings. The van der Waals surface area contributed by atoms with Crippen molar-refractivity contribution in [1.82, 2.24) is 14.5 Å². The van der Waals surface area contributed by atoms with E-state index < -0.39 is 12.0 Å². The smallest absolute Gasteiger partial charge is 0.330 e. The van der Waals surface area contributed by atoms with E-state index in [0.29, 0.717) is 18.8 Å². The first-order valence-electron chi connectivity index (χ1n) is 8.65. The highest BCUT2D eigenvalue weighted by Gasteiger charge is 2.31. The molecule has 0 saturated heterocycles. The van der Waals surface area contributed by atoms with E-state index in [-0.39, 0.29) is 12.6 Å². The second kappa shape index (κ2) is 9.66. The number of amides is 1. The highest BCUT2D eigenvalue weighted by atomic mass is 16.5. The van der Waals surface area contributed by atoms with Gasteiger partial charge >= 0.3 is 12.0 Å². The molecule has 1 atom stereocenters. The lowest BCUT2D eigenvalue weighted by Crippen LogP contribution is -2.46.